The average Bonchev–Trinajstić information content (AvgIpc) is 2.51. The van der Waals surface area contributed by atoms with Gasteiger partial charge in [-0.05, 0) is 48.9 Å². The van der Waals surface area contributed by atoms with Gasteiger partial charge >= 0.3 is 0 Å². The molecule has 0 heterocycles. The first-order valence-electron chi connectivity index (χ1n) is 6.84. The minimum Gasteiger partial charge on any atom is -0.326 e. The van der Waals surface area contributed by atoms with Crippen molar-refractivity contribution in [3.05, 3.63) is 58.1 Å². The summed E-state index contributed by atoms with van der Waals surface area (Å²) < 4.78 is 0.886. The summed E-state index contributed by atoms with van der Waals surface area (Å²) in [5.74, 6) is -0.815. The molecule has 0 saturated carbocycles. The lowest BCUT2D eigenvalue weighted by atomic mass is 10.2. The van der Waals surface area contributed by atoms with Gasteiger partial charge < -0.3 is 10.6 Å². The van der Waals surface area contributed by atoms with E-state index in [1.54, 1.807) is 36.4 Å². The van der Waals surface area contributed by atoms with Crippen molar-refractivity contribution >= 4 is 39.1 Å². The van der Waals surface area contributed by atoms with E-state index in [4.69, 9.17) is 5.26 Å². The molecule has 116 valence electrons. The molecular weight excluding hydrogens is 358 g/mol. The molecule has 0 aromatic heterocycles. The fourth-order valence-corrected chi connectivity index (χ4v) is 2.23. The monoisotopic (exact) mass is 371 g/mol. The van der Waals surface area contributed by atoms with E-state index in [9.17, 15) is 9.59 Å². The van der Waals surface area contributed by atoms with Crippen LogP contribution in [0.5, 0.6) is 0 Å². The number of amides is 2. The maximum Gasteiger partial charge on any atom is 0.233 e. The summed E-state index contributed by atoms with van der Waals surface area (Å²) in [6.07, 6.45) is -0.286. The van der Waals surface area contributed by atoms with E-state index in [1.807, 2.05) is 19.1 Å². The number of rotatable bonds is 4. The second-order valence-electron chi connectivity index (χ2n) is 4.93. The molecule has 0 atom stereocenters. The molecule has 2 amide bonds. The van der Waals surface area contributed by atoms with Crippen molar-refractivity contribution in [2.24, 2.45) is 0 Å². The summed E-state index contributed by atoms with van der Waals surface area (Å²) in [6, 6.07) is 13.9. The molecule has 0 bridgehead atoms. The van der Waals surface area contributed by atoms with E-state index in [1.165, 1.54) is 0 Å². The van der Waals surface area contributed by atoms with E-state index >= 15 is 0 Å². The molecule has 0 fully saturated rings. The van der Waals surface area contributed by atoms with Gasteiger partial charge in [0.1, 0.15) is 6.42 Å². The lowest BCUT2D eigenvalue weighted by Crippen LogP contribution is -2.21. The highest BCUT2D eigenvalue weighted by atomic mass is 79.9. The van der Waals surface area contributed by atoms with E-state index < -0.39 is 11.8 Å². The number of hydrogen-bond donors (Lipinski definition) is 2. The highest BCUT2D eigenvalue weighted by Crippen LogP contribution is 2.20. The Morgan fingerprint density at radius 2 is 1.61 bits per heavy atom. The molecule has 0 aliphatic heterocycles. The molecule has 0 saturated heterocycles. The Morgan fingerprint density at radius 1 is 1.04 bits per heavy atom. The first-order chi connectivity index (χ1) is 11.0. The number of carbonyl (C=O) groups excluding carboxylic acids is 2. The van der Waals surface area contributed by atoms with Crippen LogP contribution in [0.3, 0.4) is 0 Å². The molecule has 0 radical (unpaired) electrons. The maximum atomic E-state index is 11.9. The number of nitrogens with zero attached hydrogens (tertiary/aromatic N) is 1. The summed E-state index contributed by atoms with van der Waals surface area (Å²) in [5.41, 5.74) is 2.73. The number of halogens is 1. The molecule has 0 spiro atoms. The molecule has 0 aliphatic rings. The first kappa shape index (κ1) is 16.7. The lowest BCUT2D eigenvalue weighted by molar-refractivity contribution is -0.123. The predicted octanol–water partition coefficient (Wildman–Crippen LogP) is 3.60. The Labute approximate surface area is 142 Å². The third-order valence-corrected chi connectivity index (χ3v) is 3.93. The second-order valence-corrected chi connectivity index (χ2v) is 5.78. The summed E-state index contributed by atoms with van der Waals surface area (Å²) >= 11 is 3.39. The van der Waals surface area contributed by atoms with E-state index in [2.05, 4.69) is 26.6 Å². The van der Waals surface area contributed by atoms with Gasteiger partial charge in [0.2, 0.25) is 11.8 Å². The normalized spacial score (nSPS) is 9.78. The Bertz CT molecular complexity index is 779. The molecule has 2 N–H and O–H groups in total. The third kappa shape index (κ3) is 4.94. The number of anilines is 2. The quantitative estimate of drug-likeness (QED) is 0.805. The van der Waals surface area contributed by atoms with Gasteiger partial charge in [-0.1, -0.05) is 22.0 Å². The van der Waals surface area contributed by atoms with Crippen molar-refractivity contribution < 1.29 is 9.59 Å². The zero-order valence-corrected chi connectivity index (χ0v) is 14.0. The van der Waals surface area contributed by atoms with Crippen LogP contribution in [0.4, 0.5) is 11.4 Å². The summed E-state index contributed by atoms with van der Waals surface area (Å²) in [4.78, 5) is 23.7. The Hall–Kier alpha value is -2.65. The molecular formula is C17H14BrN3O2. The molecule has 0 aliphatic carbocycles. The highest BCUT2D eigenvalue weighted by Gasteiger charge is 2.10. The third-order valence-electron chi connectivity index (χ3n) is 3.07. The van der Waals surface area contributed by atoms with E-state index in [0.29, 0.717) is 16.9 Å². The van der Waals surface area contributed by atoms with Crippen molar-refractivity contribution in [1.29, 1.82) is 5.26 Å². The van der Waals surface area contributed by atoms with Crippen molar-refractivity contribution in [2.45, 2.75) is 13.3 Å². The molecule has 2 aromatic rings. The summed E-state index contributed by atoms with van der Waals surface area (Å²) in [5, 5.41) is 14.0. The molecule has 6 heteroatoms. The van der Waals surface area contributed by atoms with Gasteiger partial charge in [-0.3, -0.25) is 9.59 Å². The first-order valence-corrected chi connectivity index (χ1v) is 7.63. The Kier molecular flexibility index (Phi) is 5.50. The molecule has 23 heavy (non-hydrogen) atoms. The van der Waals surface area contributed by atoms with Crippen LogP contribution in [-0.2, 0) is 9.59 Å². The van der Waals surface area contributed by atoms with E-state index in [0.717, 1.165) is 10.0 Å². The number of nitrogens with one attached hydrogen (secondary N) is 2. The number of nitriles is 1. The number of aryl methyl sites for hydroxylation is 1. The van der Waals surface area contributed by atoms with Crippen molar-refractivity contribution in [2.75, 3.05) is 10.6 Å². The van der Waals surface area contributed by atoms with Gasteiger partial charge in [-0.2, -0.15) is 5.26 Å². The predicted molar refractivity (Wildman–Crippen MR) is 91.9 cm³/mol. The summed E-state index contributed by atoms with van der Waals surface area (Å²) in [6.45, 7) is 1.95. The fourth-order valence-electron chi connectivity index (χ4n) is 1.85. The van der Waals surface area contributed by atoms with Crippen LogP contribution in [0.2, 0.25) is 0 Å². The fraction of sp³-hybridized carbons (Fsp3) is 0.118. The standard InChI is InChI=1S/C17H14BrN3O2/c1-11-2-5-14(8-15(11)18)21-17(23)9-16(22)20-13-6-3-12(10-19)4-7-13/h2-8H,9H2,1H3,(H,20,22)(H,21,23). The van der Waals surface area contributed by atoms with Gasteiger partial charge in [-0.25, -0.2) is 0 Å². The summed E-state index contributed by atoms with van der Waals surface area (Å²) in [7, 11) is 0. The zero-order valence-electron chi connectivity index (χ0n) is 12.4. The van der Waals surface area contributed by atoms with Crippen LogP contribution in [0.1, 0.15) is 17.5 Å². The topological polar surface area (TPSA) is 82.0 Å². The molecule has 2 aromatic carbocycles. The Morgan fingerprint density at radius 3 is 2.17 bits per heavy atom. The van der Waals surface area contributed by atoms with Crippen LogP contribution in [-0.4, -0.2) is 11.8 Å². The molecule has 2 rings (SSSR count). The molecule has 0 unspecified atom stereocenters. The second kappa shape index (κ2) is 7.56. The maximum absolute atomic E-state index is 11.9. The van der Waals surface area contributed by atoms with Crippen molar-refractivity contribution in [3.63, 3.8) is 0 Å². The van der Waals surface area contributed by atoms with Crippen LogP contribution in [0.25, 0.3) is 0 Å². The lowest BCUT2D eigenvalue weighted by Gasteiger charge is -2.08. The minimum atomic E-state index is -0.418. The largest absolute Gasteiger partial charge is 0.326 e. The van der Waals surface area contributed by atoms with Gasteiger partial charge in [0.25, 0.3) is 0 Å². The van der Waals surface area contributed by atoms with Crippen LogP contribution in [0.15, 0.2) is 46.9 Å². The SMILES string of the molecule is Cc1ccc(NC(=O)CC(=O)Nc2ccc(C#N)cc2)cc1Br. The number of benzene rings is 2. The number of carbonyl (C=O) groups is 2. The van der Waals surface area contributed by atoms with Crippen LogP contribution in [0, 0.1) is 18.3 Å². The van der Waals surface area contributed by atoms with Crippen molar-refractivity contribution in [1.82, 2.24) is 0 Å². The minimum absolute atomic E-state index is 0.286. The van der Waals surface area contributed by atoms with Gasteiger partial charge in [0.05, 0.1) is 11.6 Å². The zero-order chi connectivity index (χ0) is 16.8. The average molecular weight is 372 g/mol. The van der Waals surface area contributed by atoms with Crippen LogP contribution < -0.4 is 10.6 Å². The van der Waals surface area contributed by atoms with E-state index in [-0.39, 0.29) is 6.42 Å². The van der Waals surface area contributed by atoms with Gasteiger partial charge in [-0.15, -0.1) is 0 Å². The number of hydrogen-bond acceptors (Lipinski definition) is 3. The van der Waals surface area contributed by atoms with Gasteiger partial charge in [0, 0.05) is 15.8 Å². The van der Waals surface area contributed by atoms with Gasteiger partial charge in [0.15, 0.2) is 0 Å². The van der Waals surface area contributed by atoms with Crippen molar-refractivity contribution in [3.8, 4) is 6.07 Å². The highest BCUT2D eigenvalue weighted by molar-refractivity contribution is 9.10. The smallest absolute Gasteiger partial charge is 0.233 e. The Balaban J connectivity index is 1.90. The van der Waals surface area contributed by atoms with Crippen LogP contribution >= 0.6 is 15.9 Å². The molecule has 5 nitrogen and oxygen atoms in total.